The van der Waals surface area contributed by atoms with Crippen LogP contribution in [0.1, 0.15) is 129 Å². The minimum absolute atomic E-state index is 0.0944. The summed E-state index contributed by atoms with van der Waals surface area (Å²) in [6, 6.07) is 0. The molecule has 12 unspecified atom stereocenters. The number of halogens is 4. The molecule has 4 saturated carbocycles. The lowest BCUT2D eigenvalue weighted by Crippen LogP contribution is -2.44. The van der Waals surface area contributed by atoms with Crippen molar-refractivity contribution >= 4 is 0 Å². The summed E-state index contributed by atoms with van der Waals surface area (Å²) in [5, 5.41) is 20.5. The van der Waals surface area contributed by atoms with E-state index in [0.29, 0.717) is 54.9 Å². The molecular formula is C38H65F4NO2. The van der Waals surface area contributed by atoms with Gasteiger partial charge < -0.3 is 15.1 Å². The summed E-state index contributed by atoms with van der Waals surface area (Å²) in [5.41, 5.74) is 0. The zero-order valence-electron chi connectivity index (χ0n) is 28.4. The van der Waals surface area contributed by atoms with Crippen molar-refractivity contribution in [2.24, 2.45) is 65.1 Å². The zero-order chi connectivity index (χ0) is 32.1. The van der Waals surface area contributed by atoms with Crippen LogP contribution in [-0.4, -0.2) is 59.8 Å². The lowest BCUT2D eigenvalue weighted by molar-refractivity contribution is -0.203. The first-order valence-corrected chi connectivity index (χ1v) is 19.3. The number of hydrogen-bond donors (Lipinski definition) is 2. The van der Waals surface area contributed by atoms with Gasteiger partial charge in [0.05, 0.1) is 12.0 Å². The van der Waals surface area contributed by atoms with Gasteiger partial charge in [-0.25, -0.2) is 4.39 Å². The molecule has 4 aliphatic carbocycles. The molecule has 7 heteroatoms. The highest BCUT2D eigenvalue weighted by molar-refractivity contribution is 5.00. The van der Waals surface area contributed by atoms with Crippen molar-refractivity contribution in [1.29, 1.82) is 0 Å². The summed E-state index contributed by atoms with van der Waals surface area (Å²) >= 11 is 0. The van der Waals surface area contributed by atoms with E-state index in [2.05, 4.69) is 11.8 Å². The number of aliphatic hydroxyl groups excluding tert-OH is 2. The van der Waals surface area contributed by atoms with Gasteiger partial charge >= 0.3 is 6.18 Å². The van der Waals surface area contributed by atoms with Crippen LogP contribution in [0.3, 0.4) is 0 Å². The smallest absolute Gasteiger partial charge is 0.392 e. The summed E-state index contributed by atoms with van der Waals surface area (Å²) < 4.78 is 57.8. The molecule has 1 heterocycles. The molecule has 5 aliphatic rings. The third-order valence-electron chi connectivity index (χ3n) is 14.1. The lowest BCUT2D eigenvalue weighted by Gasteiger charge is -2.44. The fourth-order valence-electron chi connectivity index (χ4n) is 11.5. The van der Waals surface area contributed by atoms with Gasteiger partial charge in [0, 0.05) is 13.2 Å². The molecule has 1 aliphatic heterocycles. The Morgan fingerprint density at radius 2 is 1.56 bits per heavy atom. The Kier molecular flexibility index (Phi) is 13.0. The average molecular weight is 644 g/mol. The first kappa shape index (κ1) is 35.9. The van der Waals surface area contributed by atoms with Crippen molar-refractivity contribution in [3.8, 4) is 0 Å². The van der Waals surface area contributed by atoms with Gasteiger partial charge in [-0.05, 0) is 150 Å². The lowest BCUT2D eigenvalue weighted by atomic mass is 9.61. The predicted molar refractivity (Wildman–Crippen MR) is 173 cm³/mol. The number of fused-ring (bicyclic) bond motifs is 1. The number of nitrogens with zero attached hydrogens (tertiary/aromatic N) is 1. The van der Waals surface area contributed by atoms with Crippen molar-refractivity contribution in [3.63, 3.8) is 0 Å². The highest BCUT2D eigenvalue weighted by Crippen LogP contribution is 2.57. The van der Waals surface area contributed by atoms with Crippen molar-refractivity contribution in [2.75, 3.05) is 26.2 Å². The number of rotatable bonds is 12. The van der Waals surface area contributed by atoms with E-state index < -0.39 is 18.3 Å². The summed E-state index contributed by atoms with van der Waals surface area (Å²) in [4.78, 5) is 2.27. The standard InChI is InChI=1S/C38H65F4NO2/c1-25-12-14-30(23-33(25)37-32-10-4-3-9-29(32)22-34(37)26(2)39)36(45)11-5-7-28-13-15-31(35(21-28)38(40,41)42)24-43-18-16-27(17-19-43)8-6-20-44/h25-37,44-45H,3-24H2,1-2H3. The van der Waals surface area contributed by atoms with E-state index in [4.69, 9.17) is 5.11 Å². The van der Waals surface area contributed by atoms with E-state index in [-0.39, 0.29) is 42.8 Å². The number of aliphatic hydroxyl groups is 2. The zero-order valence-corrected chi connectivity index (χ0v) is 28.4. The van der Waals surface area contributed by atoms with Crippen LogP contribution in [0.4, 0.5) is 17.6 Å². The number of likely N-dealkylation sites (tertiary alicyclic amines) is 1. The molecule has 45 heavy (non-hydrogen) atoms. The second-order valence-corrected chi connectivity index (χ2v) is 16.8. The largest absolute Gasteiger partial charge is 0.396 e. The topological polar surface area (TPSA) is 43.7 Å². The van der Waals surface area contributed by atoms with Crippen molar-refractivity contribution in [3.05, 3.63) is 0 Å². The second kappa shape index (κ2) is 16.3. The van der Waals surface area contributed by atoms with Gasteiger partial charge in [-0.1, -0.05) is 51.9 Å². The van der Waals surface area contributed by atoms with Crippen LogP contribution in [0, 0.1) is 65.1 Å². The van der Waals surface area contributed by atoms with Gasteiger partial charge in [-0.3, -0.25) is 0 Å². The van der Waals surface area contributed by atoms with E-state index in [1.807, 2.05) is 0 Å². The van der Waals surface area contributed by atoms with Crippen molar-refractivity contribution in [1.82, 2.24) is 4.90 Å². The molecular weight excluding hydrogens is 578 g/mol. The average Bonchev–Trinajstić information content (AvgIpc) is 3.41. The molecule has 0 amide bonds. The molecule has 0 aromatic heterocycles. The van der Waals surface area contributed by atoms with Gasteiger partial charge in [-0.2, -0.15) is 13.2 Å². The minimum Gasteiger partial charge on any atom is -0.396 e. The summed E-state index contributed by atoms with van der Waals surface area (Å²) in [5.74, 6) is 2.45. The third-order valence-corrected chi connectivity index (χ3v) is 14.1. The Balaban J connectivity index is 1.09. The third kappa shape index (κ3) is 9.19. The van der Waals surface area contributed by atoms with Crippen LogP contribution in [0.5, 0.6) is 0 Å². The molecule has 12 atom stereocenters. The monoisotopic (exact) mass is 643 g/mol. The van der Waals surface area contributed by atoms with E-state index >= 15 is 0 Å². The number of piperidine rings is 1. The molecule has 0 aromatic carbocycles. The molecule has 0 bridgehead atoms. The summed E-state index contributed by atoms with van der Waals surface area (Å²) in [7, 11) is 0. The summed E-state index contributed by atoms with van der Waals surface area (Å²) in [6.45, 7) is 6.68. The van der Waals surface area contributed by atoms with Crippen LogP contribution in [-0.2, 0) is 0 Å². The fraction of sp³-hybridized carbons (Fsp3) is 1.00. The molecule has 0 aromatic rings. The van der Waals surface area contributed by atoms with Gasteiger partial charge in [0.25, 0.3) is 0 Å². The van der Waals surface area contributed by atoms with Crippen molar-refractivity contribution in [2.45, 2.75) is 148 Å². The molecule has 262 valence electrons. The first-order chi connectivity index (χ1) is 21.5. The highest BCUT2D eigenvalue weighted by Gasteiger charge is 2.51. The van der Waals surface area contributed by atoms with Crippen LogP contribution in [0.15, 0.2) is 0 Å². The van der Waals surface area contributed by atoms with Gasteiger partial charge in [0.15, 0.2) is 0 Å². The quantitative estimate of drug-likeness (QED) is 0.208. The number of alkyl halides is 4. The normalized spacial score (nSPS) is 40.3. The molecule has 3 nitrogen and oxygen atoms in total. The van der Waals surface area contributed by atoms with E-state index in [1.54, 1.807) is 6.92 Å². The maximum Gasteiger partial charge on any atom is 0.392 e. The van der Waals surface area contributed by atoms with Gasteiger partial charge in [0.2, 0.25) is 0 Å². The van der Waals surface area contributed by atoms with E-state index in [0.717, 1.165) is 83.7 Å². The molecule has 0 radical (unpaired) electrons. The van der Waals surface area contributed by atoms with Crippen molar-refractivity contribution < 1.29 is 27.8 Å². The Labute approximate surface area is 271 Å². The summed E-state index contributed by atoms with van der Waals surface area (Å²) in [6.07, 6.45) is 11.9. The predicted octanol–water partition coefficient (Wildman–Crippen LogP) is 9.45. The maximum atomic E-state index is 14.9. The molecule has 1 saturated heterocycles. The Morgan fingerprint density at radius 1 is 0.822 bits per heavy atom. The molecule has 5 fully saturated rings. The van der Waals surface area contributed by atoms with Gasteiger partial charge in [-0.15, -0.1) is 0 Å². The van der Waals surface area contributed by atoms with Crippen LogP contribution in [0.2, 0.25) is 0 Å². The fourth-order valence-corrected chi connectivity index (χ4v) is 11.5. The van der Waals surface area contributed by atoms with E-state index in [9.17, 15) is 22.7 Å². The van der Waals surface area contributed by atoms with Crippen LogP contribution >= 0.6 is 0 Å². The molecule has 0 spiro atoms. The SMILES string of the molecule is CC(F)C1CC2CCCCC2C1C1CC(C(O)CCCC2CCC(CN3CCC(CCCO)CC3)C(C(F)(F)F)C2)CCC1C. The highest BCUT2D eigenvalue weighted by atomic mass is 19.4. The first-order valence-electron chi connectivity index (χ1n) is 19.3. The van der Waals surface area contributed by atoms with E-state index in [1.165, 1.54) is 25.7 Å². The minimum atomic E-state index is -4.15. The van der Waals surface area contributed by atoms with Crippen LogP contribution in [0.25, 0.3) is 0 Å². The molecule has 2 N–H and O–H groups in total. The Hall–Kier alpha value is -0.400. The van der Waals surface area contributed by atoms with Gasteiger partial charge in [0.1, 0.15) is 6.17 Å². The van der Waals surface area contributed by atoms with Crippen LogP contribution < -0.4 is 0 Å². The Bertz CT molecular complexity index is 874. The second-order valence-electron chi connectivity index (χ2n) is 16.8. The Morgan fingerprint density at radius 3 is 2.27 bits per heavy atom. The maximum absolute atomic E-state index is 14.9. The number of hydrogen-bond acceptors (Lipinski definition) is 3. The molecule has 5 rings (SSSR count).